The predicted octanol–water partition coefficient (Wildman–Crippen LogP) is 0.734. The number of nitrogens with zero attached hydrogens (tertiary/aromatic N) is 1. The smallest absolute Gasteiger partial charge is 0.253 e. The minimum Gasteiger partial charge on any atom is -0.342 e. The second kappa shape index (κ2) is 4.85. The number of benzene rings is 1. The first-order valence-electron chi connectivity index (χ1n) is 5.15. The van der Waals surface area contributed by atoms with Crippen LogP contribution in [-0.4, -0.2) is 32.8 Å². The SMILES string of the molecule is CCN(C)C(=O)c1cc(C)cc(S(N)(=O)=O)c1. The second-order valence-corrected chi connectivity index (χ2v) is 5.46. The highest BCUT2D eigenvalue weighted by molar-refractivity contribution is 7.89. The lowest BCUT2D eigenvalue weighted by atomic mass is 10.1. The molecule has 1 aromatic rings. The minimum atomic E-state index is -3.78. The van der Waals surface area contributed by atoms with Gasteiger partial charge in [0.05, 0.1) is 4.90 Å². The van der Waals surface area contributed by atoms with Crippen LogP contribution in [0.3, 0.4) is 0 Å². The quantitative estimate of drug-likeness (QED) is 0.865. The molecule has 0 heterocycles. The Balaban J connectivity index is 3.28. The topological polar surface area (TPSA) is 80.5 Å². The van der Waals surface area contributed by atoms with Crippen molar-refractivity contribution < 1.29 is 13.2 Å². The van der Waals surface area contributed by atoms with Crippen LogP contribution in [0.25, 0.3) is 0 Å². The van der Waals surface area contributed by atoms with E-state index in [0.29, 0.717) is 17.7 Å². The van der Waals surface area contributed by atoms with Crippen molar-refractivity contribution in [3.8, 4) is 0 Å². The van der Waals surface area contributed by atoms with E-state index >= 15 is 0 Å². The molecule has 0 saturated carbocycles. The number of sulfonamides is 1. The summed E-state index contributed by atoms with van der Waals surface area (Å²) in [5, 5.41) is 5.05. The number of hydrogen-bond donors (Lipinski definition) is 1. The molecule has 0 aliphatic rings. The highest BCUT2D eigenvalue weighted by Gasteiger charge is 2.15. The van der Waals surface area contributed by atoms with Gasteiger partial charge in [0, 0.05) is 19.2 Å². The van der Waals surface area contributed by atoms with Gasteiger partial charge >= 0.3 is 0 Å². The van der Waals surface area contributed by atoms with E-state index in [-0.39, 0.29) is 10.8 Å². The molecule has 17 heavy (non-hydrogen) atoms. The molecule has 1 rings (SSSR count). The maximum absolute atomic E-state index is 11.9. The van der Waals surface area contributed by atoms with Crippen molar-refractivity contribution in [2.75, 3.05) is 13.6 Å². The maximum Gasteiger partial charge on any atom is 0.253 e. The van der Waals surface area contributed by atoms with Crippen LogP contribution in [0.15, 0.2) is 23.1 Å². The predicted molar refractivity (Wildman–Crippen MR) is 65.2 cm³/mol. The lowest BCUT2D eigenvalue weighted by Gasteiger charge is -2.15. The van der Waals surface area contributed by atoms with E-state index in [9.17, 15) is 13.2 Å². The van der Waals surface area contributed by atoms with Crippen molar-refractivity contribution in [2.24, 2.45) is 5.14 Å². The van der Waals surface area contributed by atoms with Gasteiger partial charge < -0.3 is 4.90 Å². The molecule has 0 atom stereocenters. The molecule has 0 aromatic heterocycles. The normalized spacial score (nSPS) is 11.3. The fraction of sp³-hybridized carbons (Fsp3) is 0.364. The van der Waals surface area contributed by atoms with Gasteiger partial charge in [-0.1, -0.05) is 0 Å². The lowest BCUT2D eigenvalue weighted by molar-refractivity contribution is 0.0802. The van der Waals surface area contributed by atoms with Gasteiger partial charge in [-0.05, 0) is 37.6 Å². The summed E-state index contributed by atoms with van der Waals surface area (Å²) >= 11 is 0. The van der Waals surface area contributed by atoms with E-state index in [1.807, 2.05) is 6.92 Å². The lowest BCUT2D eigenvalue weighted by Crippen LogP contribution is -2.26. The standard InChI is InChI=1S/C11H16N2O3S/c1-4-13(3)11(14)9-5-8(2)6-10(7-9)17(12,15)16/h5-7H,4H2,1-3H3,(H2,12,15,16). The highest BCUT2D eigenvalue weighted by Crippen LogP contribution is 2.14. The Morgan fingerprint density at radius 3 is 2.41 bits per heavy atom. The summed E-state index contributed by atoms with van der Waals surface area (Å²) in [5.41, 5.74) is 1.02. The van der Waals surface area contributed by atoms with Gasteiger partial charge in [-0.25, -0.2) is 13.6 Å². The Labute approximate surface area is 101 Å². The zero-order valence-corrected chi connectivity index (χ0v) is 10.9. The molecule has 0 aliphatic heterocycles. The van der Waals surface area contributed by atoms with Gasteiger partial charge in [0.25, 0.3) is 5.91 Å². The number of carbonyl (C=O) groups excluding carboxylic acids is 1. The second-order valence-electron chi connectivity index (χ2n) is 3.90. The van der Waals surface area contributed by atoms with Crippen LogP contribution in [0.4, 0.5) is 0 Å². The number of nitrogens with two attached hydrogens (primary N) is 1. The molecule has 6 heteroatoms. The third-order valence-electron chi connectivity index (χ3n) is 2.45. The van der Waals surface area contributed by atoms with E-state index in [1.54, 1.807) is 20.0 Å². The number of carbonyl (C=O) groups is 1. The first-order valence-corrected chi connectivity index (χ1v) is 6.70. The number of aryl methyl sites for hydroxylation is 1. The van der Waals surface area contributed by atoms with E-state index in [1.165, 1.54) is 17.0 Å². The molecule has 0 bridgehead atoms. The fourth-order valence-corrected chi connectivity index (χ4v) is 2.04. The fourth-order valence-electron chi connectivity index (χ4n) is 1.40. The highest BCUT2D eigenvalue weighted by atomic mass is 32.2. The average Bonchev–Trinajstić information content (AvgIpc) is 2.25. The average molecular weight is 256 g/mol. The molecule has 0 spiro atoms. The Bertz CT molecular complexity index is 538. The van der Waals surface area contributed by atoms with Crippen LogP contribution in [0, 0.1) is 6.92 Å². The molecule has 0 unspecified atom stereocenters. The van der Waals surface area contributed by atoms with E-state index in [2.05, 4.69) is 0 Å². The zero-order chi connectivity index (χ0) is 13.2. The number of primary sulfonamides is 1. The van der Waals surface area contributed by atoms with Crippen molar-refractivity contribution in [3.05, 3.63) is 29.3 Å². The summed E-state index contributed by atoms with van der Waals surface area (Å²) in [6, 6.07) is 4.39. The molecule has 5 nitrogen and oxygen atoms in total. The van der Waals surface area contributed by atoms with Gasteiger partial charge in [0.1, 0.15) is 0 Å². The molecule has 0 radical (unpaired) electrons. The first kappa shape index (κ1) is 13.7. The third-order valence-corrected chi connectivity index (χ3v) is 3.34. The summed E-state index contributed by atoms with van der Waals surface area (Å²) in [7, 11) is -2.13. The number of hydrogen-bond acceptors (Lipinski definition) is 3. The van der Waals surface area contributed by atoms with Crippen LogP contribution < -0.4 is 5.14 Å². The van der Waals surface area contributed by atoms with Crippen LogP contribution in [0.5, 0.6) is 0 Å². The molecule has 0 aliphatic carbocycles. The Kier molecular flexibility index (Phi) is 3.90. The molecule has 1 amide bonds. The van der Waals surface area contributed by atoms with Crippen molar-refractivity contribution in [3.63, 3.8) is 0 Å². The van der Waals surface area contributed by atoms with E-state index < -0.39 is 10.0 Å². The van der Waals surface area contributed by atoms with Gasteiger partial charge in [0.15, 0.2) is 0 Å². The van der Waals surface area contributed by atoms with Crippen LogP contribution >= 0.6 is 0 Å². The van der Waals surface area contributed by atoms with Crippen molar-refractivity contribution in [1.29, 1.82) is 0 Å². The summed E-state index contributed by atoms with van der Waals surface area (Å²) in [5.74, 6) is -0.221. The Hall–Kier alpha value is -1.40. The summed E-state index contributed by atoms with van der Waals surface area (Å²) in [4.78, 5) is 13.4. The van der Waals surface area contributed by atoms with Gasteiger partial charge in [-0.3, -0.25) is 4.79 Å². The van der Waals surface area contributed by atoms with E-state index in [0.717, 1.165) is 0 Å². The third kappa shape index (κ3) is 3.28. The van der Waals surface area contributed by atoms with Crippen molar-refractivity contribution >= 4 is 15.9 Å². The summed E-state index contributed by atoms with van der Waals surface area (Å²) < 4.78 is 22.5. The molecule has 2 N–H and O–H groups in total. The number of rotatable bonds is 3. The monoisotopic (exact) mass is 256 g/mol. The van der Waals surface area contributed by atoms with Gasteiger partial charge in [-0.2, -0.15) is 0 Å². The van der Waals surface area contributed by atoms with Crippen LogP contribution in [-0.2, 0) is 10.0 Å². The largest absolute Gasteiger partial charge is 0.342 e. The zero-order valence-electron chi connectivity index (χ0n) is 10.1. The minimum absolute atomic E-state index is 0.0367. The Morgan fingerprint density at radius 1 is 1.35 bits per heavy atom. The molecule has 0 fully saturated rings. The first-order chi connectivity index (χ1) is 7.75. The molecular weight excluding hydrogens is 240 g/mol. The Morgan fingerprint density at radius 2 is 1.94 bits per heavy atom. The van der Waals surface area contributed by atoms with E-state index in [4.69, 9.17) is 5.14 Å². The molecular formula is C11H16N2O3S. The summed E-state index contributed by atoms with van der Waals surface area (Å²) in [6.07, 6.45) is 0. The number of amides is 1. The van der Waals surface area contributed by atoms with Crippen molar-refractivity contribution in [2.45, 2.75) is 18.7 Å². The van der Waals surface area contributed by atoms with Crippen molar-refractivity contribution in [1.82, 2.24) is 4.90 Å². The molecule has 0 saturated heterocycles. The maximum atomic E-state index is 11.9. The van der Waals surface area contributed by atoms with Gasteiger partial charge in [0.2, 0.25) is 10.0 Å². The van der Waals surface area contributed by atoms with Crippen LogP contribution in [0.1, 0.15) is 22.8 Å². The molecule has 94 valence electrons. The molecule has 1 aromatic carbocycles. The summed E-state index contributed by atoms with van der Waals surface area (Å²) in [6.45, 7) is 4.11. The van der Waals surface area contributed by atoms with Crippen LogP contribution in [0.2, 0.25) is 0 Å². The van der Waals surface area contributed by atoms with Gasteiger partial charge in [-0.15, -0.1) is 0 Å².